The first-order valence-corrected chi connectivity index (χ1v) is 23.3. The highest BCUT2D eigenvalue weighted by molar-refractivity contribution is 6.20. The van der Waals surface area contributed by atoms with Gasteiger partial charge in [0.25, 0.3) is 0 Å². The van der Waals surface area contributed by atoms with E-state index in [2.05, 4.69) is 181 Å². The molecule has 0 amide bonds. The minimum atomic E-state index is 0.580. The van der Waals surface area contributed by atoms with Gasteiger partial charge in [-0.2, -0.15) is 0 Å². The Morgan fingerprint density at radius 3 is 1.33 bits per heavy atom. The van der Waals surface area contributed by atoms with Gasteiger partial charge in [0.15, 0.2) is 17.5 Å². The molecule has 0 spiro atoms. The Morgan fingerprint density at radius 1 is 0.261 bits per heavy atom. The van der Waals surface area contributed by atoms with Gasteiger partial charge in [-0.3, -0.25) is 4.98 Å². The number of nitrogens with zero attached hydrogens (tertiary/aromatic N) is 4. The average molecular weight is 877 g/mol. The lowest BCUT2D eigenvalue weighted by atomic mass is 9.89. The summed E-state index contributed by atoms with van der Waals surface area (Å²) in [5.74, 6) is 1.75. The van der Waals surface area contributed by atoms with Crippen LogP contribution in [0.15, 0.2) is 223 Å². The van der Waals surface area contributed by atoms with Crippen molar-refractivity contribution in [2.75, 3.05) is 0 Å². The second-order valence-electron chi connectivity index (χ2n) is 18.1. The molecule has 0 fully saturated rings. The number of fused-ring (bicyclic) bond motifs is 9. The molecule has 318 valence electrons. The van der Waals surface area contributed by atoms with E-state index in [1.54, 1.807) is 6.20 Å². The smallest absolute Gasteiger partial charge is 0.164 e. The van der Waals surface area contributed by atoms with Gasteiger partial charge in [0.05, 0.1) is 0 Å². The van der Waals surface area contributed by atoms with Crippen LogP contribution in [0.25, 0.3) is 156 Å². The molecule has 5 nitrogen and oxygen atoms in total. The van der Waals surface area contributed by atoms with Gasteiger partial charge in [-0.15, -0.1) is 0 Å². The van der Waals surface area contributed by atoms with Crippen LogP contribution in [0.1, 0.15) is 0 Å². The maximum Gasteiger partial charge on any atom is 0.164 e. The van der Waals surface area contributed by atoms with E-state index in [4.69, 9.17) is 19.4 Å². The number of hydrogen-bond acceptors (Lipinski definition) is 5. The minimum absolute atomic E-state index is 0.580. The first-order chi connectivity index (χ1) is 34.2. The lowest BCUT2D eigenvalue weighted by Gasteiger charge is -2.16. The second kappa shape index (κ2) is 14.6. The zero-order valence-electron chi connectivity index (χ0n) is 37.0. The van der Waals surface area contributed by atoms with Crippen LogP contribution in [-0.4, -0.2) is 19.9 Å². The normalized spacial score (nSPS) is 12.1. The van der Waals surface area contributed by atoms with Crippen molar-refractivity contribution < 1.29 is 4.42 Å². The van der Waals surface area contributed by atoms with Crippen molar-refractivity contribution in [3.63, 3.8) is 0 Å². The van der Waals surface area contributed by atoms with Crippen LogP contribution in [0.2, 0.25) is 0 Å². The summed E-state index contributed by atoms with van der Waals surface area (Å²) < 4.78 is 6.26. The van der Waals surface area contributed by atoms with Crippen LogP contribution < -0.4 is 0 Å². The monoisotopic (exact) mass is 876 g/mol. The van der Waals surface area contributed by atoms with E-state index < -0.39 is 0 Å². The molecule has 0 bridgehead atoms. The lowest BCUT2D eigenvalue weighted by molar-refractivity contribution is 0.669. The van der Waals surface area contributed by atoms with Crippen molar-refractivity contribution in [3.05, 3.63) is 219 Å². The molecule has 3 aromatic heterocycles. The SMILES string of the molecule is c1cncc(-c2ccc(-c3nc(-c4cc(-c5ccc6c7c(cccc57)-c5ccccc5-6)cc(-c5ccc6c7c(cccc57)-c5ccccc5-6)c4)nc(-c4ccc5oc6ccccc6c5c4)n3)cc2)c1. The summed E-state index contributed by atoms with van der Waals surface area (Å²) in [6, 6.07) is 73.9. The summed E-state index contributed by atoms with van der Waals surface area (Å²) in [5.41, 5.74) is 21.1. The summed E-state index contributed by atoms with van der Waals surface area (Å²) in [7, 11) is 0. The molecule has 0 N–H and O–H groups in total. The molecule has 69 heavy (non-hydrogen) atoms. The van der Waals surface area contributed by atoms with E-state index >= 15 is 0 Å². The van der Waals surface area contributed by atoms with Gasteiger partial charge < -0.3 is 4.42 Å². The Morgan fingerprint density at radius 2 is 0.725 bits per heavy atom. The summed E-state index contributed by atoms with van der Waals surface area (Å²) in [6.07, 6.45) is 3.68. The van der Waals surface area contributed by atoms with E-state index in [1.165, 1.54) is 66.1 Å². The van der Waals surface area contributed by atoms with Gasteiger partial charge in [0, 0.05) is 39.9 Å². The number of furan rings is 1. The minimum Gasteiger partial charge on any atom is -0.456 e. The maximum absolute atomic E-state index is 6.26. The molecule has 0 radical (unpaired) electrons. The molecule has 5 heteroatoms. The number of benzene rings is 10. The first kappa shape index (κ1) is 37.9. The maximum atomic E-state index is 6.26. The van der Waals surface area contributed by atoms with Crippen LogP contribution in [0.3, 0.4) is 0 Å². The van der Waals surface area contributed by atoms with E-state index in [0.717, 1.165) is 72.0 Å². The summed E-state index contributed by atoms with van der Waals surface area (Å²) in [4.78, 5) is 20.4. The predicted molar refractivity (Wildman–Crippen MR) is 281 cm³/mol. The molecule has 2 aliphatic rings. The quantitative estimate of drug-likeness (QED) is 0.166. The molecule has 2 aliphatic carbocycles. The standard InChI is InChI=1S/C64H36N4O/c1-3-13-48-46(11-1)53-18-7-16-51-44(26-28-55(48)60(51)53)41-32-42(45-27-29-56-49-14-4-2-12-47(49)54-19-8-17-52(45)61(54)56)34-43(33-41)64-67-62(38-23-21-37(22-24-38)40-10-9-31-65-36-40)66-63(68-64)39-25-30-59-57(35-39)50-15-5-6-20-58(50)69-59/h1-36H. The van der Waals surface area contributed by atoms with Gasteiger partial charge >= 0.3 is 0 Å². The number of pyridine rings is 1. The lowest BCUT2D eigenvalue weighted by Crippen LogP contribution is -2.01. The fourth-order valence-corrected chi connectivity index (χ4v) is 11.2. The zero-order chi connectivity index (χ0) is 45.2. The Labute approximate surface area is 396 Å². The second-order valence-corrected chi connectivity index (χ2v) is 18.1. The number of aromatic nitrogens is 4. The van der Waals surface area contributed by atoms with Crippen LogP contribution in [0.4, 0.5) is 0 Å². The van der Waals surface area contributed by atoms with Gasteiger partial charge in [-0.1, -0.05) is 158 Å². The fourth-order valence-electron chi connectivity index (χ4n) is 11.2. The van der Waals surface area contributed by atoms with Gasteiger partial charge in [-0.05, 0) is 148 Å². The molecule has 0 unspecified atom stereocenters. The highest BCUT2D eigenvalue weighted by Crippen LogP contribution is 2.52. The molecule has 15 rings (SSSR count). The van der Waals surface area contributed by atoms with Crippen molar-refractivity contribution in [1.29, 1.82) is 0 Å². The van der Waals surface area contributed by atoms with Crippen LogP contribution in [0, 0.1) is 0 Å². The summed E-state index contributed by atoms with van der Waals surface area (Å²) in [5, 5.41) is 7.06. The van der Waals surface area contributed by atoms with Crippen LogP contribution in [0.5, 0.6) is 0 Å². The Balaban J connectivity index is 0.976. The molecule has 0 aliphatic heterocycles. The van der Waals surface area contributed by atoms with Crippen molar-refractivity contribution in [3.8, 4) is 112 Å². The van der Waals surface area contributed by atoms with E-state index in [1.807, 2.05) is 36.5 Å². The highest BCUT2D eigenvalue weighted by Gasteiger charge is 2.26. The number of para-hydroxylation sites is 1. The Bertz CT molecular complexity index is 4090. The van der Waals surface area contributed by atoms with Crippen molar-refractivity contribution >= 4 is 43.5 Å². The zero-order valence-corrected chi connectivity index (χ0v) is 37.0. The van der Waals surface area contributed by atoms with E-state index in [9.17, 15) is 0 Å². The molecular formula is C64H36N4O. The predicted octanol–water partition coefficient (Wildman–Crippen LogP) is 16.8. The summed E-state index contributed by atoms with van der Waals surface area (Å²) >= 11 is 0. The number of hydrogen-bond donors (Lipinski definition) is 0. The largest absolute Gasteiger partial charge is 0.456 e. The Hall–Kier alpha value is -9.32. The number of rotatable bonds is 6. The van der Waals surface area contributed by atoms with Crippen LogP contribution in [-0.2, 0) is 0 Å². The van der Waals surface area contributed by atoms with Crippen molar-refractivity contribution in [1.82, 2.24) is 19.9 Å². The van der Waals surface area contributed by atoms with Gasteiger partial charge in [0.1, 0.15) is 11.2 Å². The van der Waals surface area contributed by atoms with Gasteiger partial charge in [0.2, 0.25) is 0 Å². The third-order valence-electron chi connectivity index (χ3n) is 14.3. The van der Waals surface area contributed by atoms with Crippen molar-refractivity contribution in [2.24, 2.45) is 0 Å². The van der Waals surface area contributed by atoms with E-state index in [-0.39, 0.29) is 0 Å². The topological polar surface area (TPSA) is 64.7 Å². The van der Waals surface area contributed by atoms with Crippen LogP contribution >= 0.6 is 0 Å². The highest BCUT2D eigenvalue weighted by atomic mass is 16.3. The molecule has 13 aromatic rings. The fraction of sp³-hybridized carbons (Fsp3) is 0. The molecule has 0 saturated heterocycles. The third-order valence-corrected chi connectivity index (χ3v) is 14.3. The molecule has 3 heterocycles. The van der Waals surface area contributed by atoms with E-state index in [0.29, 0.717) is 17.5 Å². The van der Waals surface area contributed by atoms with Gasteiger partial charge in [-0.25, -0.2) is 15.0 Å². The Kier molecular flexibility index (Phi) is 8.00. The molecule has 0 atom stereocenters. The summed E-state index contributed by atoms with van der Waals surface area (Å²) in [6.45, 7) is 0. The average Bonchev–Trinajstić information content (AvgIpc) is 4.08. The molecule has 10 aromatic carbocycles. The molecular weight excluding hydrogens is 841 g/mol. The third kappa shape index (κ3) is 5.77. The first-order valence-electron chi connectivity index (χ1n) is 23.3. The van der Waals surface area contributed by atoms with Crippen molar-refractivity contribution in [2.45, 2.75) is 0 Å². The molecule has 0 saturated carbocycles.